The molecule has 3 aromatic rings. The van der Waals surface area contributed by atoms with Crippen LogP contribution in [0.1, 0.15) is 27.8 Å². The summed E-state index contributed by atoms with van der Waals surface area (Å²) in [4.78, 5) is 27.9. The van der Waals surface area contributed by atoms with Crippen LogP contribution in [-0.4, -0.2) is 16.8 Å². The Labute approximate surface area is 164 Å². The van der Waals surface area contributed by atoms with E-state index in [4.69, 9.17) is 0 Å². The first-order chi connectivity index (χ1) is 13.5. The van der Waals surface area contributed by atoms with Crippen LogP contribution in [0.3, 0.4) is 0 Å². The van der Waals surface area contributed by atoms with E-state index in [-0.39, 0.29) is 18.5 Å². The third-order valence-electron chi connectivity index (χ3n) is 5.44. The standard InChI is InChI=1S/C24H22N2O2/c1-17-13-14-21(15-18(17)2)24(20-11-7-4-8-12-20)22(27)26(23(28)25-24)16-19-9-5-3-6-10-19/h3-15H,16H2,1-2H3,(H,25,28)/t24-/m1/s1. The lowest BCUT2D eigenvalue weighted by Crippen LogP contribution is -2.45. The highest BCUT2D eigenvalue weighted by Crippen LogP contribution is 2.37. The highest BCUT2D eigenvalue weighted by atomic mass is 16.2. The third-order valence-corrected chi connectivity index (χ3v) is 5.44. The van der Waals surface area contributed by atoms with Gasteiger partial charge in [-0.15, -0.1) is 0 Å². The molecule has 1 heterocycles. The zero-order chi connectivity index (χ0) is 19.7. The molecule has 4 rings (SSSR count). The summed E-state index contributed by atoms with van der Waals surface area (Å²) in [6, 6.07) is 24.5. The molecule has 1 fully saturated rings. The van der Waals surface area contributed by atoms with Gasteiger partial charge in [0.15, 0.2) is 5.54 Å². The number of aryl methyl sites for hydroxylation is 2. The molecule has 1 aliphatic rings. The Kier molecular flexibility index (Phi) is 4.47. The van der Waals surface area contributed by atoms with Crippen molar-refractivity contribution >= 4 is 11.9 Å². The molecular weight excluding hydrogens is 348 g/mol. The Morgan fingerprint density at radius 3 is 2.07 bits per heavy atom. The maximum Gasteiger partial charge on any atom is 0.325 e. The monoisotopic (exact) mass is 370 g/mol. The maximum absolute atomic E-state index is 13.7. The van der Waals surface area contributed by atoms with Crippen molar-refractivity contribution in [3.63, 3.8) is 0 Å². The quantitative estimate of drug-likeness (QED) is 0.696. The average Bonchev–Trinajstić information content (AvgIpc) is 2.97. The highest BCUT2D eigenvalue weighted by molar-refractivity contribution is 6.09. The van der Waals surface area contributed by atoms with E-state index >= 15 is 0 Å². The minimum Gasteiger partial charge on any atom is -0.315 e. The second kappa shape index (κ2) is 6.97. The molecule has 1 saturated heterocycles. The number of rotatable bonds is 4. The molecule has 0 radical (unpaired) electrons. The van der Waals surface area contributed by atoms with Gasteiger partial charge in [0, 0.05) is 0 Å². The summed E-state index contributed by atoms with van der Waals surface area (Å²) in [7, 11) is 0. The molecule has 0 spiro atoms. The molecule has 4 heteroatoms. The molecule has 3 amide bonds. The lowest BCUT2D eigenvalue weighted by Gasteiger charge is -2.28. The first-order valence-electron chi connectivity index (χ1n) is 9.33. The molecule has 0 bridgehead atoms. The number of nitrogens with one attached hydrogen (secondary N) is 1. The minimum absolute atomic E-state index is 0.241. The highest BCUT2D eigenvalue weighted by Gasteiger charge is 2.53. The number of carbonyl (C=O) groups excluding carboxylic acids is 2. The number of amides is 3. The zero-order valence-corrected chi connectivity index (χ0v) is 16.0. The number of hydrogen-bond donors (Lipinski definition) is 1. The molecule has 0 aromatic heterocycles. The van der Waals surface area contributed by atoms with Crippen LogP contribution in [0.5, 0.6) is 0 Å². The summed E-state index contributed by atoms with van der Waals surface area (Å²) in [6.45, 7) is 4.29. The zero-order valence-electron chi connectivity index (χ0n) is 16.0. The molecule has 0 unspecified atom stereocenters. The molecule has 1 N–H and O–H groups in total. The lowest BCUT2D eigenvalue weighted by molar-refractivity contribution is -0.130. The lowest BCUT2D eigenvalue weighted by atomic mass is 9.81. The van der Waals surface area contributed by atoms with Crippen molar-refractivity contribution in [3.05, 3.63) is 107 Å². The molecule has 1 atom stereocenters. The Morgan fingerprint density at radius 2 is 1.43 bits per heavy atom. The van der Waals surface area contributed by atoms with Crippen LogP contribution in [0, 0.1) is 13.8 Å². The van der Waals surface area contributed by atoms with Crippen LogP contribution in [0.15, 0.2) is 78.9 Å². The molecule has 28 heavy (non-hydrogen) atoms. The molecule has 0 saturated carbocycles. The number of urea groups is 1. The largest absolute Gasteiger partial charge is 0.325 e. The fraction of sp³-hybridized carbons (Fsp3) is 0.167. The van der Waals surface area contributed by atoms with Gasteiger partial charge >= 0.3 is 6.03 Å². The second-order valence-electron chi connectivity index (χ2n) is 7.22. The van der Waals surface area contributed by atoms with Gasteiger partial charge in [-0.25, -0.2) is 4.79 Å². The van der Waals surface area contributed by atoms with Crippen LogP contribution in [0.4, 0.5) is 4.79 Å². The minimum atomic E-state index is -1.22. The number of benzene rings is 3. The topological polar surface area (TPSA) is 49.4 Å². The van der Waals surface area contributed by atoms with Crippen molar-refractivity contribution in [2.24, 2.45) is 0 Å². The van der Waals surface area contributed by atoms with Gasteiger partial charge in [0.2, 0.25) is 0 Å². The van der Waals surface area contributed by atoms with Gasteiger partial charge in [-0.1, -0.05) is 78.9 Å². The maximum atomic E-state index is 13.7. The summed E-state index contributed by atoms with van der Waals surface area (Å²) in [5, 5.41) is 3.00. The number of imide groups is 1. The van der Waals surface area contributed by atoms with Crippen LogP contribution < -0.4 is 5.32 Å². The van der Waals surface area contributed by atoms with Gasteiger partial charge in [-0.3, -0.25) is 9.69 Å². The second-order valence-corrected chi connectivity index (χ2v) is 7.22. The van der Waals surface area contributed by atoms with Crippen molar-refractivity contribution in [1.29, 1.82) is 0 Å². The number of carbonyl (C=O) groups is 2. The van der Waals surface area contributed by atoms with E-state index in [1.54, 1.807) is 0 Å². The van der Waals surface area contributed by atoms with E-state index in [0.717, 1.165) is 27.8 Å². The SMILES string of the molecule is Cc1ccc([C@@]2(c3ccccc3)NC(=O)N(Cc3ccccc3)C2=O)cc1C. The smallest absolute Gasteiger partial charge is 0.315 e. The molecule has 4 nitrogen and oxygen atoms in total. The van der Waals surface area contributed by atoms with Crippen molar-refractivity contribution in [3.8, 4) is 0 Å². The van der Waals surface area contributed by atoms with E-state index in [1.807, 2.05) is 92.7 Å². The molecule has 0 aliphatic carbocycles. The molecule has 1 aliphatic heterocycles. The Balaban J connectivity index is 1.84. The van der Waals surface area contributed by atoms with Crippen LogP contribution in [0.25, 0.3) is 0 Å². The van der Waals surface area contributed by atoms with Crippen LogP contribution in [-0.2, 0) is 16.9 Å². The van der Waals surface area contributed by atoms with E-state index < -0.39 is 5.54 Å². The first kappa shape index (κ1) is 18.0. The third kappa shape index (κ3) is 2.87. The van der Waals surface area contributed by atoms with Gasteiger partial charge in [-0.2, -0.15) is 0 Å². The Morgan fingerprint density at radius 1 is 0.786 bits per heavy atom. The van der Waals surface area contributed by atoms with Crippen LogP contribution in [0.2, 0.25) is 0 Å². The molecule has 140 valence electrons. The number of nitrogens with zero attached hydrogens (tertiary/aromatic N) is 1. The van der Waals surface area contributed by atoms with Crippen molar-refractivity contribution < 1.29 is 9.59 Å². The van der Waals surface area contributed by atoms with Gasteiger partial charge in [0.1, 0.15) is 0 Å². The Hall–Kier alpha value is -3.40. The Bertz CT molecular complexity index is 1030. The van der Waals surface area contributed by atoms with Crippen molar-refractivity contribution in [2.75, 3.05) is 0 Å². The van der Waals surface area contributed by atoms with Gasteiger partial charge < -0.3 is 5.32 Å². The van der Waals surface area contributed by atoms with E-state index in [9.17, 15) is 9.59 Å². The first-order valence-corrected chi connectivity index (χ1v) is 9.33. The van der Waals surface area contributed by atoms with Crippen LogP contribution >= 0.6 is 0 Å². The predicted octanol–water partition coefficient (Wildman–Crippen LogP) is 4.30. The van der Waals surface area contributed by atoms with E-state index in [0.29, 0.717) is 0 Å². The number of hydrogen-bond acceptors (Lipinski definition) is 2. The summed E-state index contributed by atoms with van der Waals surface area (Å²) in [5.74, 6) is -0.254. The van der Waals surface area contributed by atoms with Gasteiger partial charge in [-0.05, 0) is 41.7 Å². The van der Waals surface area contributed by atoms with Crippen molar-refractivity contribution in [1.82, 2.24) is 10.2 Å². The average molecular weight is 370 g/mol. The van der Waals surface area contributed by atoms with E-state index in [2.05, 4.69) is 5.32 Å². The van der Waals surface area contributed by atoms with Gasteiger partial charge in [0.05, 0.1) is 6.54 Å². The summed E-state index contributed by atoms with van der Waals surface area (Å²) < 4.78 is 0. The summed E-state index contributed by atoms with van der Waals surface area (Å²) in [6.07, 6.45) is 0. The molecule has 3 aromatic carbocycles. The predicted molar refractivity (Wildman–Crippen MR) is 109 cm³/mol. The fourth-order valence-corrected chi connectivity index (χ4v) is 3.71. The normalized spacial score (nSPS) is 19.0. The molecular formula is C24H22N2O2. The summed E-state index contributed by atoms with van der Waals surface area (Å²) in [5.41, 5.74) is 3.45. The fourth-order valence-electron chi connectivity index (χ4n) is 3.71. The van der Waals surface area contributed by atoms with Crippen molar-refractivity contribution in [2.45, 2.75) is 25.9 Å². The van der Waals surface area contributed by atoms with E-state index in [1.165, 1.54) is 4.90 Å². The summed E-state index contributed by atoms with van der Waals surface area (Å²) >= 11 is 0. The van der Waals surface area contributed by atoms with Gasteiger partial charge in [0.25, 0.3) is 5.91 Å².